The summed E-state index contributed by atoms with van der Waals surface area (Å²) in [6.45, 7) is -0.190. The SMILES string of the molecule is C#CCn1c(=O)c(NC(=O)[C@H]2C[C@@H]2c2ccccc2)c(N)n(C)c1=O. The highest BCUT2D eigenvalue weighted by atomic mass is 16.2. The van der Waals surface area contributed by atoms with Crippen molar-refractivity contribution in [1.29, 1.82) is 0 Å². The van der Waals surface area contributed by atoms with Gasteiger partial charge < -0.3 is 11.1 Å². The van der Waals surface area contributed by atoms with Crippen LogP contribution in [0.5, 0.6) is 0 Å². The van der Waals surface area contributed by atoms with Gasteiger partial charge in [-0.3, -0.25) is 14.2 Å². The fourth-order valence-electron chi connectivity index (χ4n) is 2.90. The minimum absolute atomic E-state index is 0.0893. The average Bonchev–Trinajstić information content (AvgIpc) is 3.42. The number of nitrogens with zero attached hydrogens (tertiary/aromatic N) is 2. The molecular weight excluding hydrogens is 320 g/mol. The maximum absolute atomic E-state index is 12.5. The minimum atomic E-state index is -0.691. The lowest BCUT2D eigenvalue weighted by molar-refractivity contribution is -0.117. The Morgan fingerprint density at radius 3 is 2.68 bits per heavy atom. The number of carbonyl (C=O) groups excluding carboxylic acids is 1. The van der Waals surface area contributed by atoms with E-state index in [0.717, 1.165) is 14.7 Å². The second kappa shape index (κ2) is 6.32. The van der Waals surface area contributed by atoms with Gasteiger partial charge in [-0.05, 0) is 17.9 Å². The number of amides is 1. The molecule has 128 valence electrons. The smallest absolute Gasteiger partial charge is 0.333 e. The van der Waals surface area contributed by atoms with Crippen LogP contribution in [-0.2, 0) is 18.4 Å². The van der Waals surface area contributed by atoms with Gasteiger partial charge in [0.05, 0.1) is 6.54 Å². The summed E-state index contributed by atoms with van der Waals surface area (Å²) in [5.74, 6) is 1.78. The number of nitrogen functional groups attached to an aromatic ring is 1. The molecule has 0 spiro atoms. The molecule has 1 heterocycles. The van der Waals surface area contributed by atoms with E-state index in [0.29, 0.717) is 6.42 Å². The first-order valence-electron chi connectivity index (χ1n) is 7.84. The molecule has 1 fully saturated rings. The summed E-state index contributed by atoms with van der Waals surface area (Å²) in [6, 6.07) is 9.70. The lowest BCUT2D eigenvalue weighted by atomic mass is 10.1. The maximum atomic E-state index is 12.5. The van der Waals surface area contributed by atoms with E-state index < -0.39 is 11.2 Å². The average molecular weight is 338 g/mol. The van der Waals surface area contributed by atoms with Gasteiger partial charge in [-0.15, -0.1) is 6.42 Å². The molecule has 7 nitrogen and oxygen atoms in total. The van der Waals surface area contributed by atoms with Crippen LogP contribution in [0.3, 0.4) is 0 Å². The van der Waals surface area contributed by atoms with Crippen molar-refractivity contribution in [2.24, 2.45) is 13.0 Å². The van der Waals surface area contributed by atoms with Gasteiger partial charge in [-0.25, -0.2) is 9.36 Å². The Kier molecular flexibility index (Phi) is 4.19. The van der Waals surface area contributed by atoms with Gasteiger partial charge in [0.25, 0.3) is 5.56 Å². The largest absolute Gasteiger partial charge is 0.383 e. The molecule has 7 heteroatoms. The van der Waals surface area contributed by atoms with E-state index in [2.05, 4.69) is 11.2 Å². The molecule has 2 aromatic rings. The van der Waals surface area contributed by atoms with Crippen molar-refractivity contribution in [1.82, 2.24) is 9.13 Å². The van der Waals surface area contributed by atoms with Gasteiger partial charge >= 0.3 is 5.69 Å². The van der Waals surface area contributed by atoms with Crippen molar-refractivity contribution in [2.45, 2.75) is 18.9 Å². The highest BCUT2D eigenvalue weighted by Crippen LogP contribution is 2.47. The molecule has 25 heavy (non-hydrogen) atoms. The van der Waals surface area contributed by atoms with Crippen LogP contribution in [0.2, 0.25) is 0 Å². The number of benzene rings is 1. The number of carbonyl (C=O) groups is 1. The first-order valence-corrected chi connectivity index (χ1v) is 7.84. The first-order chi connectivity index (χ1) is 12.0. The summed E-state index contributed by atoms with van der Waals surface area (Å²) in [5.41, 5.74) is 5.51. The van der Waals surface area contributed by atoms with Gasteiger partial charge in [0.15, 0.2) is 0 Å². The molecule has 0 bridgehead atoms. The van der Waals surface area contributed by atoms with E-state index in [-0.39, 0.29) is 35.8 Å². The molecule has 1 saturated carbocycles. The number of anilines is 2. The number of nitrogens with one attached hydrogen (secondary N) is 1. The Labute approximate surface area is 144 Å². The van der Waals surface area contributed by atoms with E-state index in [1.54, 1.807) is 0 Å². The van der Waals surface area contributed by atoms with Gasteiger partial charge in [-0.2, -0.15) is 0 Å². The number of hydrogen-bond donors (Lipinski definition) is 2. The van der Waals surface area contributed by atoms with Crippen LogP contribution in [0, 0.1) is 18.3 Å². The molecule has 0 aliphatic heterocycles. The molecule has 3 rings (SSSR count). The van der Waals surface area contributed by atoms with Crippen molar-refractivity contribution < 1.29 is 4.79 Å². The molecule has 3 N–H and O–H groups in total. The molecule has 1 amide bonds. The molecule has 1 aromatic carbocycles. The van der Waals surface area contributed by atoms with Gasteiger partial charge in [0.1, 0.15) is 11.5 Å². The lowest BCUT2D eigenvalue weighted by Crippen LogP contribution is -2.42. The molecule has 0 radical (unpaired) electrons. The van der Waals surface area contributed by atoms with Crippen LogP contribution >= 0.6 is 0 Å². The zero-order chi connectivity index (χ0) is 18.1. The zero-order valence-corrected chi connectivity index (χ0v) is 13.7. The third-order valence-electron chi connectivity index (χ3n) is 4.45. The maximum Gasteiger partial charge on any atom is 0.333 e. The summed E-state index contributed by atoms with van der Waals surface area (Å²) in [6.07, 6.45) is 5.91. The zero-order valence-electron chi connectivity index (χ0n) is 13.7. The number of terminal acetylenes is 1. The Morgan fingerprint density at radius 2 is 2.04 bits per heavy atom. The van der Waals surface area contributed by atoms with Crippen LogP contribution in [0.4, 0.5) is 11.5 Å². The van der Waals surface area contributed by atoms with Crippen LogP contribution in [0.15, 0.2) is 39.9 Å². The summed E-state index contributed by atoms with van der Waals surface area (Å²) in [5, 5.41) is 2.58. The number of rotatable bonds is 4. The van der Waals surface area contributed by atoms with Crippen LogP contribution < -0.4 is 22.3 Å². The molecule has 0 saturated heterocycles. The van der Waals surface area contributed by atoms with E-state index in [1.165, 1.54) is 7.05 Å². The second-order valence-corrected chi connectivity index (χ2v) is 6.05. The monoisotopic (exact) mass is 338 g/mol. The third kappa shape index (κ3) is 2.94. The van der Waals surface area contributed by atoms with E-state index >= 15 is 0 Å². The summed E-state index contributed by atoms with van der Waals surface area (Å²) < 4.78 is 1.96. The van der Waals surface area contributed by atoms with Gasteiger partial charge in [0, 0.05) is 13.0 Å². The van der Waals surface area contributed by atoms with Crippen LogP contribution in [0.25, 0.3) is 0 Å². The molecule has 2 atom stereocenters. The summed E-state index contributed by atoms with van der Waals surface area (Å²) in [7, 11) is 1.42. The van der Waals surface area contributed by atoms with E-state index in [4.69, 9.17) is 12.2 Å². The fourth-order valence-corrected chi connectivity index (χ4v) is 2.90. The standard InChI is InChI=1S/C18H18N4O3/c1-3-9-22-17(24)14(15(19)21(2)18(22)25)20-16(23)13-10-12(13)11-7-5-4-6-8-11/h1,4-8,12-13H,9-10,19H2,2H3,(H,20,23)/t12-,13+/m1/s1. The minimum Gasteiger partial charge on any atom is -0.383 e. The molecule has 0 unspecified atom stereocenters. The van der Waals surface area contributed by atoms with E-state index in [9.17, 15) is 14.4 Å². The van der Waals surface area contributed by atoms with Gasteiger partial charge in [-0.1, -0.05) is 36.3 Å². The second-order valence-electron chi connectivity index (χ2n) is 6.05. The topological polar surface area (TPSA) is 99.1 Å². The predicted octanol–water partition coefficient (Wildman–Crippen LogP) is 0.505. The lowest BCUT2D eigenvalue weighted by Gasteiger charge is -2.13. The number of aromatic nitrogens is 2. The first kappa shape index (κ1) is 16.6. The van der Waals surface area contributed by atoms with Crippen molar-refractivity contribution >= 4 is 17.4 Å². The Bertz CT molecular complexity index is 982. The third-order valence-corrected chi connectivity index (χ3v) is 4.45. The van der Waals surface area contributed by atoms with Crippen molar-refractivity contribution in [3.05, 3.63) is 56.7 Å². The Hall–Kier alpha value is -3.27. The molecule has 1 aliphatic carbocycles. The summed E-state index contributed by atoms with van der Waals surface area (Å²) in [4.78, 5) is 37.0. The highest BCUT2D eigenvalue weighted by molar-refractivity contribution is 5.97. The quantitative estimate of drug-likeness (QED) is 0.793. The van der Waals surface area contributed by atoms with Crippen LogP contribution in [0.1, 0.15) is 17.9 Å². The normalized spacial score (nSPS) is 18.4. The van der Waals surface area contributed by atoms with Crippen molar-refractivity contribution in [3.63, 3.8) is 0 Å². The predicted molar refractivity (Wildman–Crippen MR) is 95.1 cm³/mol. The van der Waals surface area contributed by atoms with Gasteiger partial charge in [0.2, 0.25) is 5.91 Å². The van der Waals surface area contributed by atoms with Crippen molar-refractivity contribution in [3.8, 4) is 12.3 Å². The fraction of sp³-hybridized carbons (Fsp3) is 0.278. The molecular formula is C18H18N4O3. The van der Waals surface area contributed by atoms with Crippen molar-refractivity contribution in [2.75, 3.05) is 11.1 Å². The Morgan fingerprint density at radius 1 is 1.36 bits per heavy atom. The summed E-state index contributed by atoms with van der Waals surface area (Å²) >= 11 is 0. The molecule has 1 aromatic heterocycles. The molecule has 1 aliphatic rings. The van der Waals surface area contributed by atoms with E-state index in [1.807, 2.05) is 30.3 Å². The Balaban J connectivity index is 1.87. The highest BCUT2D eigenvalue weighted by Gasteiger charge is 2.44. The number of nitrogens with two attached hydrogens (primary N) is 1. The van der Waals surface area contributed by atoms with Crippen LogP contribution in [-0.4, -0.2) is 15.0 Å². The number of hydrogen-bond acceptors (Lipinski definition) is 4.